The number of ether oxygens (including phenoxy) is 3. The Labute approximate surface area is 168 Å². The number of nitrogens with zero attached hydrogens (tertiary/aromatic N) is 3. The van der Waals surface area contributed by atoms with Gasteiger partial charge in [-0.05, 0) is 36.4 Å². The van der Waals surface area contributed by atoms with Crippen LogP contribution in [0.2, 0.25) is 0 Å². The average molecular weight is 395 g/mol. The van der Waals surface area contributed by atoms with Crippen molar-refractivity contribution < 1.29 is 23.5 Å². The average Bonchev–Trinajstić information content (AvgIpc) is 3.40. The summed E-state index contributed by atoms with van der Waals surface area (Å²) in [6.45, 7) is 0.423. The molecule has 1 aromatic heterocycles. The van der Waals surface area contributed by atoms with E-state index >= 15 is 0 Å². The summed E-state index contributed by atoms with van der Waals surface area (Å²) in [4.78, 5) is 18.9. The molecule has 2 aromatic carbocycles. The highest BCUT2D eigenvalue weighted by molar-refractivity contribution is 5.98. The van der Waals surface area contributed by atoms with Crippen molar-refractivity contribution in [2.24, 2.45) is 0 Å². The zero-order valence-corrected chi connectivity index (χ0v) is 16.4. The quantitative estimate of drug-likeness (QED) is 0.633. The number of benzene rings is 2. The first-order valence-electron chi connectivity index (χ1n) is 9.13. The molecule has 2 heterocycles. The highest BCUT2D eigenvalue weighted by atomic mass is 16.5. The van der Waals surface area contributed by atoms with Gasteiger partial charge in [-0.3, -0.25) is 4.79 Å². The molecule has 0 N–H and O–H groups in total. The Hall–Kier alpha value is -3.55. The number of amides is 1. The van der Waals surface area contributed by atoms with Crippen LogP contribution in [0, 0.1) is 0 Å². The van der Waals surface area contributed by atoms with Gasteiger partial charge in [0.2, 0.25) is 17.6 Å². The van der Waals surface area contributed by atoms with E-state index in [1.807, 2.05) is 24.3 Å². The highest BCUT2D eigenvalue weighted by Crippen LogP contribution is 2.38. The van der Waals surface area contributed by atoms with Crippen LogP contribution in [-0.4, -0.2) is 43.9 Å². The molecule has 8 heteroatoms. The fraction of sp³-hybridized carbons (Fsp3) is 0.286. The maximum absolute atomic E-state index is 12.7. The molecular weight excluding hydrogens is 374 g/mol. The SMILES string of the molecule is COc1ccc(-c2noc(C3CC(=O)N(c4cc(OC)ccc4OC)C3)n2)cc1. The summed E-state index contributed by atoms with van der Waals surface area (Å²) >= 11 is 0. The molecule has 0 aliphatic carbocycles. The molecule has 1 saturated heterocycles. The van der Waals surface area contributed by atoms with Crippen LogP contribution >= 0.6 is 0 Å². The van der Waals surface area contributed by atoms with E-state index in [4.69, 9.17) is 18.7 Å². The Bertz CT molecular complexity index is 1020. The number of methoxy groups -OCH3 is 3. The third-order valence-corrected chi connectivity index (χ3v) is 4.94. The second-order valence-electron chi connectivity index (χ2n) is 6.63. The van der Waals surface area contributed by atoms with Crippen LogP contribution < -0.4 is 19.1 Å². The summed E-state index contributed by atoms with van der Waals surface area (Å²) in [5.74, 6) is 2.69. The fourth-order valence-corrected chi connectivity index (χ4v) is 3.37. The molecule has 0 radical (unpaired) electrons. The smallest absolute Gasteiger partial charge is 0.232 e. The van der Waals surface area contributed by atoms with E-state index in [1.54, 1.807) is 44.4 Å². The molecule has 0 bridgehead atoms. The summed E-state index contributed by atoms with van der Waals surface area (Å²) in [6.07, 6.45) is 0.282. The van der Waals surface area contributed by atoms with Gasteiger partial charge < -0.3 is 23.6 Å². The zero-order chi connectivity index (χ0) is 20.4. The van der Waals surface area contributed by atoms with Crippen LogP contribution in [0.4, 0.5) is 5.69 Å². The molecule has 1 aliphatic rings. The van der Waals surface area contributed by atoms with Crippen molar-refractivity contribution >= 4 is 11.6 Å². The number of carbonyl (C=O) groups is 1. The monoisotopic (exact) mass is 395 g/mol. The molecule has 1 fully saturated rings. The van der Waals surface area contributed by atoms with Gasteiger partial charge in [0.25, 0.3) is 0 Å². The van der Waals surface area contributed by atoms with Crippen molar-refractivity contribution in [2.45, 2.75) is 12.3 Å². The summed E-state index contributed by atoms with van der Waals surface area (Å²) < 4.78 is 21.3. The van der Waals surface area contributed by atoms with Gasteiger partial charge in [0, 0.05) is 24.6 Å². The van der Waals surface area contributed by atoms with Crippen molar-refractivity contribution in [2.75, 3.05) is 32.8 Å². The third-order valence-electron chi connectivity index (χ3n) is 4.94. The maximum atomic E-state index is 12.7. The summed E-state index contributed by atoms with van der Waals surface area (Å²) in [5, 5.41) is 4.07. The number of hydrogen-bond donors (Lipinski definition) is 0. The normalized spacial score (nSPS) is 16.2. The van der Waals surface area contributed by atoms with Crippen molar-refractivity contribution in [1.29, 1.82) is 0 Å². The number of anilines is 1. The van der Waals surface area contributed by atoms with E-state index < -0.39 is 0 Å². The van der Waals surface area contributed by atoms with Crippen molar-refractivity contribution in [3.63, 3.8) is 0 Å². The van der Waals surface area contributed by atoms with Crippen LogP contribution in [0.25, 0.3) is 11.4 Å². The van der Waals surface area contributed by atoms with E-state index in [1.165, 1.54) is 0 Å². The van der Waals surface area contributed by atoms with Gasteiger partial charge in [-0.1, -0.05) is 5.16 Å². The fourth-order valence-electron chi connectivity index (χ4n) is 3.37. The second kappa shape index (κ2) is 7.83. The Kier molecular flexibility index (Phi) is 5.07. The van der Waals surface area contributed by atoms with Crippen LogP contribution in [-0.2, 0) is 4.79 Å². The van der Waals surface area contributed by atoms with E-state index in [0.717, 1.165) is 11.3 Å². The minimum absolute atomic E-state index is 0.0363. The van der Waals surface area contributed by atoms with Gasteiger partial charge in [-0.2, -0.15) is 4.98 Å². The Balaban J connectivity index is 1.56. The largest absolute Gasteiger partial charge is 0.497 e. The van der Waals surface area contributed by atoms with Gasteiger partial charge in [-0.15, -0.1) is 0 Å². The zero-order valence-electron chi connectivity index (χ0n) is 16.4. The summed E-state index contributed by atoms with van der Waals surface area (Å²) in [6, 6.07) is 12.8. The first-order valence-corrected chi connectivity index (χ1v) is 9.13. The molecule has 1 atom stereocenters. The Morgan fingerprint density at radius 2 is 1.72 bits per heavy atom. The van der Waals surface area contributed by atoms with E-state index in [2.05, 4.69) is 10.1 Å². The molecule has 0 spiro atoms. The predicted molar refractivity (Wildman–Crippen MR) is 106 cm³/mol. The summed E-state index contributed by atoms with van der Waals surface area (Å²) in [7, 11) is 4.77. The summed E-state index contributed by atoms with van der Waals surface area (Å²) in [5.41, 5.74) is 1.48. The molecule has 4 rings (SSSR count). The van der Waals surface area contributed by atoms with Crippen molar-refractivity contribution in [3.8, 4) is 28.6 Å². The van der Waals surface area contributed by atoms with Gasteiger partial charge in [0.15, 0.2) is 0 Å². The predicted octanol–water partition coefficient (Wildman–Crippen LogP) is 3.28. The Morgan fingerprint density at radius 3 is 2.41 bits per heavy atom. The molecule has 29 heavy (non-hydrogen) atoms. The van der Waals surface area contributed by atoms with Crippen molar-refractivity contribution in [3.05, 3.63) is 48.4 Å². The molecule has 150 valence electrons. The van der Waals surface area contributed by atoms with E-state index in [0.29, 0.717) is 35.4 Å². The van der Waals surface area contributed by atoms with E-state index in [-0.39, 0.29) is 18.2 Å². The number of carbonyl (C=O) groups excluding carboxylic acids is 1. The highest BCUT2D eigenvalue weighted by Gasteiger charge is 2.36. The van der Waals surface area contributed by atoms with Crippen molar-refractivity contribution in [1.82, 2.24) is 10.1 Å². The molecule has 3 aromatic rings. The second-order valence-corrected chi connectivity index (χ2v) is 6.63. The molecule has 8 nitrogen and oxygen atoms in total. The topological polar surface area (TPSA) is 86.9 Å². The standard InChI is InChI=1S/C21H21N3O5/c1-26-15-6-4-13(5-7-15)20-22-21(29-23-20)14-10-19(25)24(12-14)17-11-16(27-2)8-9-18(17)28-3/h4-9,11,14H,10,12H2,1-3H3. The minimum Gasteiger partial charge on any atom is -0.497 e. The lowest BCUT2D eigenvalue weighted by atomic mass is 10.1. The Morgan fingerprint density at radius 1 is 1.00 bits per heavy atom. The first-order chi connectivity index (χ1) is 14.1. The molecule has 0 saturated carbocycles. The van der Waals surface area contributed by atoms with E-state index in [9.17, 15) is 4.79 Å². The van der Waals surface area contributed by atoms with Gasteiger partial charge >= 0.3 is 0 Å². The van der Waals surface area contributed by atoms with Gasteiger partial charge in [0.1, 0.15) is 17.2 Å². The van der Waals surface area contributed by atoms with Crippen LogP contribution in [0.15, 0.2) is 47.0 Å². The van der Waals surface area contributed by atoms with Crippen LogP contribution in [0.5, 0.6) is 17.2 Å². The number of hydrogen-bond acceptors (Lipinski definition) is 7. The maximum Gasteiger partial charge on any atom is 0.232 e. The van der Waals surface area contributed by atoms with Crippen LogP contribution in [0.3, 0.4) is 0 Å². The lowest BCUT2D eigenvalue weighted by Gasteiger charge is -2.20. The first kappa shape index (κ1) is 18.8. The third kappa shape index (κ3) is 3.61. The molecule has 1 amide bonds. The molecular formula is C21H21N3O5. The minimum atomic E-state index is -0.196. The van der Waals surface area contributed by atoms with Gasteiger partial charge in [-0.25, -0.2) is 0 Å². The molecule has 1 unspecified atom stereocenters. The van der Waals surface area contributed by atoms with Crippen LogP contribution in [0.1, 0.15) is 18.2 Å². The lowest BCUT2D eigenvalue weighted by molar-refractivity contribution is -0.117. The molecule has 1 aliphatic heterocycles. The lowest BCUT2D eigenvalue weighted by Crippen LogP contribution is -2.24. The van der Waals surface area contributed by atoms with Gasteiger partial charge in [0.05, 0.1) is 32.9 Å². The number of aromatic nitrogens is 2. The number of rotatable bonds is 6.